The summed E-state index contributed by atoms with van der Waals surface area (Å²) in [6.45, 7) is 0.772. The van der Waals surface area contributed by atoms with Crippen LogP contribution in [0.1, 0.15) is 16.1 Å². The van der Waals surface area contributed by atoms with Gasteiger partial charge in [-0.05, 0) is 12.1 Å². The molecule has 1 N–H and O–H groups in total. The summed E-state index contributed by atoms with van der Waals surface area (Å²) in [5.74, 6) is 5.11. The number of amides is 1. The van der Waals surface area contributed by atoms with Gasteiger partial charge in [-0.15, -0.1) is 0 Å². The number of ether oxygens (including phenoxy) is 2. The van der Waals surface area contributed by atoms with Crippen molar-refractivity contribution in [3.8, 4) is 11.8 Å². The highest BCUT2D eigenvalue weighted by Crippen LogP contribution is 2.17. The smallest absolute Gasteiger partial charge is 0.272 e. The lowest BCUT2D eigenvalue weighted by Crippen LogP contribution is -2.30. The van der Waals surface area contributed by atoms with Gasteiger partial charge in [-0.25, -0.2) is 4.98 Å². The molecule has 2 unspecified atom stereocenters. The number of carbonyl (C=O) groups excluding carboxylic acids is 1. The Kier molecular flexibility index (Phi) is 5.28. The first-order valence-electron chi connectivity index (χ1n) is 6.60. The SMILES string of the molecule is COC1CN(C(=O)c2ccc(C#CCO)cn2)CC1OC. The van der Waals surface area contributed by atoms with Gasteiger partial charge in [0.1, 0.15) is 24.5 Å². The molecule has 1 aromatic heterocycles. The molecule has 1 saturated heterocycles. The lowest BCUT2D eigenvalue weighted by atomic mass is 10.2. The lowest BCUT2D eigenvalue weighted by Gasteiger charge is -2.14. The molecule has 6 heteroatoms. The van der Waals surface area contributed by atoms with Gasteiger partial charge in [-0.2, -0.15) is 0 Å². The molecule has 2 atom stereocenters. The van der Waals surface area contributed by atoms with Gasteiger partial charge in [-0.1, -0.05) is 11.8 Å². The number of carbonyl (C=O) groups is 1. The molecule has 6 nitrogen and oxygen atoms in total. The first-order valence-corrected chi connectivity index (χ1v) is 6.60. The van der Waals surface area contributed by atoms with Gasteiger partial charge in [-0.3, -0.25) is 4.79 Å². The summed E-state index contributed by atoms with van der Waals surface area (Å²) in [7, 11) is 3.22. The van der Waals surface area contributed by atoms with Crippen molar-refractivity contribution in [1.82, 2.24) is 9.88 Å². The van der Waals surface area contributed by atoms with Crippen LogP contribution in [0.5, 0.6) is 0 Å². The van der Waals surface area contributed by atoms with Gasteiger partial charge in [0.25, 0.3) is 5.91 Å². The van der Waals surface area contributed by atoms with E-state index in [1.165, 1.54) is 6.20 Å². The van der Waals surface area contributed by atoms with Gasteiger partial charge >= 0.3 is 0 Å². The Balaban J connectivity index is 2.07. The number of likely N-dealkylation sites (tertiary alicyclic amines) is 1. The highest BCUT2D eigenvalue weighted by molar-refractivity contribution is 5.92. The first kappa shape index (κ1) is 15.4. The van der Waals surface area contributed by atoms with E-state index in [1.807, 2.05) is 0 Å². The van der Waals surface area contributed by atoms with Crippen molar-refractivity contribution in [2.45, 2.75) is 12.2 Å². The molecule has 1 fully saturated rings. The largest absolute Gasteiger partial charge is 0.384 e. The molecule has 0 aromatic carbocycles. The van der Waals surface area contributed by atoms with Gasteiger partial charge in [0.15, 0.2) is 0 Å². The maximum Gasteiger partial charge on any atom is 0.272 e. The van der Waals surface area contributed by atoms with Crippen LogP contribution in [-0.2, 0) is 9.47 Å². The number of aliphatic hydroxyl groups excluding tert-OH is 1. The fraction of sp³-hybridized carbons (Fsp3) is 0.467. The molecule has 112 valence electrons. The Labute approximate surface area is 123 Å². The van der Waals surface area contributed by atoms with Crippen LogP contribution < -0.4 is 0 Å². The minimum atomic E-state index is -0.203. The number of rotatable bonds is 3. The molecule has 1 aliphatic rings. The summed E-state index contributed by atoms with van der Waals surface area (Å²) in [6, 6.07) is 3.34. The highest BCUT2D eigenvalue weighted by atomic mass is 16.5. The summed E-state index contributed by atoms with van der Waals surface area (Å²) in [4.78, 5) is 18.2. The zero-order chi connectivity index (χ0) is 15.2. The van der Waals surface area contributed by atoms with Crippen molar-refractivity contribution in [2.24, 2.45) is 0 Å². The quantitative estimate of drug-likeness (QED) is 0.788. The van der Waals surface area contributed by atoms with Crippen LogP contribution in [0, 0.1) is 11.8 Å². The van der Waals surface area contributed by atoms with E-state index in [9.17, 15) is 4.79 Å². The number of aliphatic hydroxyl groups is 1. The lowest BCUT2D eigenvalue weighted by molar-refractivity contribution is -0.00461. The number of methoxy groups -OCH3 is 2. The maximum absolute atomic E-state index is 12.4. The Hall–Kier alpha value is -1.94. The van der Waals surface area contributed by atoms with E-state index >= 15 is 0 Å². The average molecular weight is 290 g/mol. The van der Waals surface area contributed by atoms with Crippen molar-refractivity contribution < 1.29 is 19.4 Å². The number of hydrogen-bond acceptors (Lipinski definition) is 5. The van der Waals surface area contributed by atoms with Crippen molar-refractivity contribution in [2.75, 3.05) is 33.9 Å². The predicted octanol–water partition coefficient (Wildman–Crippen LogP) is -0.0888. The van der Waals surface area contributed by atoms with Crippen LogP contribution in [0.2, 0.25) is 0 Å². The zero-order valence-corrected chi connectivity index (χ0v) is 12.1. The zero-order valence-electron chi connectivity index (χ0n) is 12.1. The second-order valence-electron chi connectivity index (χ2n) is 4.65. The number of pyridine rings is 1. The van der Waals surface area contributed by atoms with E-state index in [1.54, 1.807) is 31.3 Å². The van der Waals surface area contributed by atoms with Gasteiger partial charge in [0.05, 0.1) is 0 Å². The third kappa shape index (κ3) is 3.58. The molecule has 1 amide bonds. The summed E-state index contributed by atoms with van der Waals surface area (Å²) in [6.07, 6.45) is 1.29. The third-order valence-electron chi connectivity index (χ3n) is 3.40. The van der Waals surface area contributed by atoms with E-state index in [2.05, 4.69) is 16.8 Å². The van der Waals surface area contributed by atoms with Crippen LogP contribution in [0.3, 0.4) is 0 Å². The van der Waals surface area contributed by atoms with Crippen LogP contribution in [0.25, 0.3) is 0 Å². The summed E-state index contributed by atoms with van der Waals surface area (Å²) < 4.78 is 10.6. The predicted molar refractivity (Wildman–Crippen MR) is 75.7 cm³/mol. The summed E-state index contributed by atoms with van der Waals surface area (Å²) in [5.41, 5.74) is 1.02. The van der Waals surface area contributed by atoms with E-state index < -0.39 is 0 Å². The number of aromatic nitrogens is 1. The van der Waals surface area contributed by atoms with E-state index in [0.717, 1.165) is 0 Å². The summed E-state index contributed by atoms with van der Waals surface area (Å²) in [5, 5.41) is 8.63. The standard InChI is InChI=1S/C15H18N2O4/c1-20-13-9-17(10-14(13)21-2)15(19)12-6-5-11(8-16-12)4-3-7-18/h5-6,8,13-14,18H,7,9-10H2,1-2H3. The van der Waals surface area contributed by atoms with Crippen molar-refractivity contribution in [3.05, 3.63) is 29.6 Å². The minimum Gasteiger partial charge on any atom is -0.384 e. The normalized spacial score (nSPS) is 21.0. The topological polar surface area (TPSA) is 71.9 Å². The van der Waals surface area contributed by atoms with Gasteiger partial charge < -0.3 is 19.5 Å². The van der Waals surface area contributed by atoms with Crippen molar-refractivity contribution in [3.63, 3.8) is 0 Å². The second-order valence-corrected chi connectivity index (χ2v) is 4.65. The molecular formula is C15H18N2O4. The molecule has 0 radical (unpaired) electrons. The Morgan fingerprint density at radius 2 is 2.05 bits per heavy atom. The van der Waals surface area contributed by atoms with Crippen molar-refractivity contribution in [1.29, 1.82) is 0 Å². The van der Waals surface area contributed by atoms with Gasteiger partial charge in [0, 0.05) is 39.1 Å². The van der Waals surface area contributed by atoms with Crippen LogP contribution in [0.4, 0.5) is 0 Å². The molecule has 21 heavy (non-hydrogen) atoms. The minimum absolute atomic E-state index is 0.117. The van der Waals surface area contributed by atoms with E-state index in [4.69, 9.17) is 14.6 Å². The number of nitrogens with zero attached hydrogens (tertiary/aromatic N) is 2. The van der Waals surface area contributed by atoms with Gasteiger partial charge in [0.2, 0.25) is 0 Å². The fourth-order valence-electron chi connectivity index (χ4n) is 2.26. The molecule has 1 aromatic rings. The van der Waals surface area contributed by atoms with E-state index in [-0.39, 0.29) is 24.7 Å². The maximum atomic E-state index is 12.4. The first-order chi connectivity index (χ1) is 10.2. The second kappa shape index (κ2) is 7.18. The van der Waals surface area contributed by atoms with Crippen molar-refractivity contribution >= 4 is 5.91 Å². The molecule has 2 rings (SSSR count). The third-order valence-corrected chi connectivity index (χ3v) is 3.40. The Morgan fingerprint density at radius 3 is 2.52 bits per heavy atom. The average Bonchev–Trinajstić information content (AvgIpc) is 2.96. The molecule has 0 bridgehead atoms. The molecule has 1 aliphatic heterocycles. The highest BCUT2D eigenvalue weighted by Gasteiger charge is 2.36. The Morgan fingerprint density at radius 1 is 1.38 bits per heavy atom. The van der Waals surface area contributed by atoms with E-state index in [0.29, 0.717) is 24.3 Å². The van der Waals surface area contributed by atoms with Crippen LogP contribution >= 0.6 is 0 Å². The molecule has 0 aliphatic carbocycles. The van der Waals surface area contributed by atoms with Crippen LogP contribution in [0.15, 0.2) is 18.3 Å². The molecule has 2 heterocycles. The fourth-order valence-corrected chi connectivity index (χ4v) is 2.26. The molecular weight excluding hydrogens is 272 g/mol. The summed E-state index contributed by atoms with van der Waals surface area (Å²) >= 11 is 0. The van der Waals surface area contributed by atoms with Crippen LogP contribution in [-0.4, -0.2) is 67.0 Å². The Bertz CT molecular complexity index is 535. The molecule has 0 saturated carbocycles. The monoisotopic (exact) mass is 290 g/mol. The molecule has 0 spiro atoms. The number of hydrogen-bond donors (Lipinski definition) is 1.